The molecule has 0 aliphatic rings. The van der Waals surface area contributed by atoms with Gasteiger partial charge in [0.25, 0.3) is 0 Å². The molecule has 0 fully saturated rings. The predicted octanol–water partition coefficient (Wildman–Crippen LogP) is 3.80. The minimum atomic E-state index is -0.247. The van der Waals surface area contributed by atoms with Crippen LogP contribution in [0.25, 0.3) is 12.2 Å². The van der Waals surface area contributed by atoms with Gasteiger partial charge in [0, 0.05) is 0 Å². The van der Waals surface area contributed by atoms with Crippen molar-refractivity contribution >= 4 is 12.2 Å². The van der Waals surface area contributed by atoms with Crippen molar-refractivity contribution in [2.45, 2.75) is 13.5 Å². The summed E-state index contributed by atoms with van der Waals surface area (Å²) in [5.41, 5.74) is 3.73. The molecule has 92 valence electrons. The van der Waals surface area contributed by atoms with Crippen LogP contribution in [0.5, 0.6) is 0 Å². The van der Waals surface area contributed by atoms with Crippen LogP contribution >= 0.6 is 0 Å². The number of halogens is 1. The van der Waals surface area contributed by atoms with Crippen molar-refractivity contribution in [3.63, 3.8) is 0 Å². The summed E-state index contributed by atoms with van der Waals surface area (Å²) in [6.45, 7) is 1.97. The fraction of sp³-hybridized carbons (Fsp3) is 0.125. The Bertz CT molecular complexity index is 573. The van der Waals surface area contributed by atoms with Crippen LogP contribution in [0.15, 0.2) is 42.5 Å². The average molecular weight is 242 g/mol. The molecule has 0 saturated carbocycles. The summed E-state index contributed by atoms with van der Waals surface area (Å²) in [6.07, 6.45) is 3.74. The average Bonchev–Trinajstić information content (AvgIpc) is 2.36. The van der Waals surface area contributed by atoms with Gasteiger partial charge in [-0.1, -0.05) is 42.5 Å². The molecule has 18 heavy (non-hydrogen) atoms. The smallest absolute Gasteiger partial charge is 0.123 e. The first-order chi connectivity index (χ1) is 8.70. The maximum absolute atomic E-state index is 13.0. The quantitative estimate of drug-likeness (QED) is 0.812. The van der Waals surface area contributed by atoms with Gasteiger partial charge in [-0.25, -0.2) is 4.39 Å². The van der Waals surface area contributed by atoms with E-state index in [1.165, 1.54) is 12.1 Å². The molecule has 0 aliphatic carbocycles. The van der Waals surface area contributed by atoms with Crippen LogP contribution in [-0.2, 0) is 6.61 Å². The summed E-state index contributed by atoms with van der Waals surface area (Å²) in [5.74, 6) is -0.247. The Morgan fingerprint density at radius 3 is 2.61 bits per heavy atom. The number of rotatable bonds is 3. The summed E-state index contributed by atoms with van der Waals surface area (Å²) in [7, 11) is 0. The van der Waals surface area contributed by atoms with Gasteiger partial charge in [-0.15, -0.1) is 0 Å². The van der Waals surface area contributed by atoms with Crippen molar-refractivity contribution < 1.29 is 9.50 Å². The van der Waals surface area contributed by atoms with Gasteiger partial charge in [-0.05, 0) is 41.3 Å². The lowest BCUT2D eigenvalue weighted by atomic mass is 10.0. The summed E-state index contributed by atoms with van der Waals surface area (Å²) >= 11 is 0. The fourth-order valence-electron chi connectivity index (χ4n) is 1.89. The molecule has 0 amide bonds. The van der Waals surface area contributed by atoms with Gasteiger partial charge >= 0.3 is 0 Å². The van der Waals surface area contributed by atoms with E-state index in [4.69, 9.17) is 0 Å². The molecule has 0 radical (unpaired) electrons. The Morgan fingerprint density at radius 1 is 1.11 bits per heavy atom. The first kappa shape index (κ1) is 12.5. The Hall–Kier alpha value is -1.93. The Kier molecular flexibility index (Phi) is 3.90. The van der Waals surface area contributed by atoms with E-state index in [1.807, 2.05) is 43.3 Å². The lowest BCUT2D eigenvalue weighted by Crippen LogP contribution is -1.92. The lowest BCUT2D eigenvalue weighted by Gasteiger charge is -2.06. The molecule has 1 N–H and O–H groups in total. The standard InChI is InChI=1S/C16H15FO/c1-12-4-2-6-14(16(12)11-18)9-8-13-5-3-7-15(17)10-13/h2-10,18H,11H2,1H3/b9-8+. The molecule has 0 spiro atoms. The van der Waals surface area contributed by atoms with Gasteiger partial charge < -0.3 is 5.11 Å². The molecule has 1 nitrogen and oxygen atoms in total. The van der Waals surface area contributed by atoms with Crippen molar-refractivity contribution in [3.05, 3.63) is 70.5 Å². The molecule has 0 aromatic heterocycles. The molecule has 0 atom stereocenters. The van der Waals surface area contributed by atoms with Gasteiger partial charge in [0.15, 0.2) is 0 Å². The van der Waals surface area contributed by atoms with E-state index in [-0.39, 0.29) is 12.4 Å². The molecular formula is C16H15FO. The molecule has 2 aromatic carbocycles. The number of aliphatic hydroxyl groups is 1. The summed E-state index contributed by atoms with van der Waals surface area (Å²) < 4.78 is 13.0. The Morgan fingerprint density at radius 2 is 1.89 bits per heavy atom. The first-order valence-corrected chi connectivity index (χ1v) is 5.83. The number of hydrogen-bond acceptors (Lipinski definition) is 1. The second-order valence-corrected chi connectivity index (χ2v) is 4.19. The molecule has 0 bridgehead atoms. The van der Waals surface area contributed by atoms with Crippen LogP contribution in [0.1, 0.15) is 22.3 Å². The predicted molar refractivity (Wildman–Crippen MR) is 72.4 cm³/mol. The molecule has 2 aromatic rings. The highest BCUT2D eigenvalue weighted by Gasteiger charge is 2.01. The van der Waals surface area contributed by atoms with E-state index in [1.54, 1.807) is 6.07 Å². The summed E-state index contributed by atoms with van der Waals surface area (Å²) in [4.78, 5) is 0. The first-order valence-electron chi connectivity index (χ1n) is 5.83. The highest BCUT2D eigenvalue weighted by Crippen LogP contribution is 2.17. The molecule has 2 heteroatoms. The third-order valence-corrected chi connectivity index (χ3v) is 2.91. The fourth-order valence-corrected chi connectivity index (χ4v) is 1.89. The van der Waals surface area contributed by atoms with Crippen LogP contribution in [0.2, 0.25) is 0 Å². The maximum atomic E-state index is 13.0. The van der Waals surface area contributed by atoms with E-state index < -0.39 is 0 Å². The van der Waals surface area contributed by atoms with Gasteiger partial charge in [-0.2, -0.15) is 0 Å². The second kappa shape index (κ2) is 5.61. The van der Waals surface area contributed by atoms with Crippen molar-refractivity contribution in [3.8, 4) is 0 Å². The van der Waals surface area contributed by atoms with Crippen molar-refractivity contribution in [2.24, 2.45) is 0 Å². The second-order valence-electron chi connectivity index (χ2n) is 4.19. The zero-order chi connectivity index (χ0) is 13.0. The van der Waals surface area contributed by atoms with Crippen molar-refractivity contribution in [1.29, 1.82) is 0 Å². The summed E-state index contributed by atoms with van der Waals surface area (Å²) in [6, 6.07) is 12.3. The monoisotopic (exact) mass is 242 g/mol. The minimum Gasteiger partial charge on any atom is -0.392 e. The van der Waals surface area contributed by atoms with Crippen molar-refractivity contribution in [2.75, 3.05) is 0 Å². The molecule has 0 heterocycles. The number of aliphatic hydroxyl groups excluding tert-OH is 1. The SMILES string of the molecule is Cc1cccc(/C=C/c2cccc(F)c2)c1CO. The minimum absolute atomic E-state index is 0.00942. The zero-order valence-corrected chi connectivity index (χ0v) is 10.2. The number of aryl methyl sites for hydroxylation is 1. The van der Waals surface area contributed by atoms with Gasteiger partial charge in [0.2, 0.25) is 0 Å². The normalized spacial score (nSPS) is 11.1. The largest absolute Gasteiger partial charge is 0.392 e. The van der Waals surface area contributed by atoms with Crippen LogP contribution in [0, 0.1) is 12.7 Å². The highest BCUT2D eigenvalue weighted by molar-refractivity contribution is 5.71. The number of benzene rings is 2. The van der Waals surface area contributed by atoms with Gasteiger partial charge in [-0.3, -0.25) is 0 Å². The number of hydrogen-bond donors (Lipinski definition) is 1. The highest BCUT2D eigenvalue weighted by atomic mass is 19.1. The Labute approximate surface area is 106 Å². The topological polar surface area (TPSA) is 20.2 Å². The van der Waals surface area contributed by atoms with Gasteiger partial charge in [0.1, 0.15) is 5.82 Å². The molecule has 0 aliphatic heterocycles. The maximum Gasteiger partial charge on any atom is 0.123 e. The molecule has 0 saturated heterocycles. The van der Waals surface area contributed by atoms with E-state index in [0.717, 1.165) is 22.3 Å². The van der Waals surface area contributed by atoms with Crippen LogP contribution in [0.3, 0.4) is 0 Å². The van der Waals surface area contributed by atoms with E-state index >= 15 is 0 Å². The van der Waals surface area contributed by atoms with Crippen molar-refractivity contribution in [1.82, 2.24) is 0 Å². The lowest BCUT2D eigenvalue weighted by molar-refractivity contribution is 0.281. The van der Waals surface area contributed by atoms with Crippen LogP contribution < -0.4 is 0 Å². The van der Waals surface area contributed by atoms with E-state index in [9.17, 15) is 9.50 Å². The van der Waals surface area contributed by atoms with E-state index in [0.29, 0.717) is 0 Å². The zero-order valence-electron chi connectivity index (χ0n) is 10.2. The van der Waals surface area contributed by atoms with E-state index in [2.05, 4.69) is 0 Å². The Balaban J connectivity index is 2.32. The molecule has 0 unspecified atom stereocenters. The van der Waals surface area contributed by atoms with Crippen LogP contribution in [0.4, 0.5) is 4.39 Å². The third kappa shape index (κ3) is 2.84. The molecule has 2 rings (SSSR count). The van der Waals surface area contributed by atoms with Crippen LogP contribution in [-0.4, -0.2) is 5.11 Å². The molecular weight excluding hydrogens is 227 g/mol. The van der Waals surface area contributed by atoms with Gasteiger partial charge in [0.05, 0.1) is 6.61 Å². The summed E-state index contributed by atoms with van der Waals surface area (Å²) in [5, 5.41) is 9.35. The third-order valence-electron chi connectivity index (χ3n) is 2.91.